The van der Waals surface area contributed by atoms with Gasteiger partial charge in [-0.25, -0.2) is 0 Å². The minimum absolute atomic E-state index is 0.0760. The summed E-state index contributed by atoms with van der Waals surface area (Å²) in [5.41, 5.74) is 1.65. The largest absolute Gasteiger partial charge is 0.506 e. The summed E-state index contributed by atoms with van der Waals surface area (Å²) < 4.78 is 15.8. The van der Waals surface area contributed by atoms with Gasteiger partial charge in [0, 0.05) is 18.1 Å². The van der Waals surface area contributed by atoms with E-state index in [1.54, 1.807) is 67.7 Å². The maximum Gasteiger partial charge on any atom is 0.310 e. The summed E-state index contributed by atoms with van der Waals surface area (Å²) in [6, 6.07) is 14.0. The van der Waals surface area contributed by atoms with Gasteiger partial charge in [-0.15, -0.1) is 0 Å². The summed E-state index contributed by atoms with van der Waals surface area (Å²) in [6.07, 6.45) is 3.18. The van der Waals surface area contributed by atoms with Crippen molar-refractivity contribution in [2.24, 2.45) is 0 Å². The van der Waals surface area contributed by atoms with Gasteiger partial charge in [0.1, 0.15) is 22.8 Å². The number of hydrogen-bond donors (Lipinski definition) is 1. The lowest BCUT2D eigenvalue weighted by atomic mass is 9.95. The van der Waals surface area contributed by atoms with E-state index in [2.05, 4.69) is 4.98 Å². The normalized spacial score (nSPS) is 16.5. The molecule has 1 N–H and O–H groups in total. The molecule has 1 aromatic heterocycles. The topological polar surface area (TPSA) is 115 Å². The second-order valence-corrected chi connectivity index (χ2v) is 8.14. The van der Waals surface area contributed by atoms with Crippen LogP contribution in [0.1, 0.15) is 29.7 Å². The molecular weight excluding hydrogens is 476 g/mol. The van der Waals surface area contributed by atoms with Crippen molar-refractivity contribution >= 4 is 29.1 Å². The van der Waals surface area contributed by atoms with Crippen molar-refractivity contribution < 1.29 is 33.7 Å². The van der Waals surface area contributed by atoms with E-state index in [1.165, 1.54) is 25.3 Å². The number of nitrogens with zero attached hydrogens (tertiary/aromatic N) is 2. The summed E-state index contributed by atoms with van der Waals surface area (Å²) in [7, 11) is 2.86. The van der Waals surface area contributed by atoms with E-state index in [1.807, 2.05) is 0 Å². The Balaban J connectivity index is 1.86. The van der Waals surface area contributed by atoms with Crippen LogP contribution in [-0.2, 0) is 25.5 Å². The monoisotopic (exact) mass is 502 g/mol. The Morgan fingerprint density at radius 2 is 1.68 bits per heavy atom. The number of methoxy groups -OCH3 is 2. The van der Waals surface area contributed by atoms with Crippen molar-refractivity contribution in [3.8, 4) is 11.5 Å². The molecule has 1 unspecified atom stereocenters. The van der Waals surface area contributed by atoms with E-state index in [0.29, 0.717) is 16.8 Å². The van der Waals surface area contributed by atoms with Crippen LogP contribution in [-0.4, -0.2) is 48.6 Å². The average Bonchev–Trinajstić information content (AvgIpc) is 3.19. The fraction of sp³-hybridized carbons (Fsp3) is 0.214. The zero-order valence-electron chi connectivity index (χ0n) is 20.6. The first-order chi connectivity index (χ1) is 17.9. The number of anilines is 1. The van der Waals surface area contributed by atoms with E-state index < -0.39 is 23.5 Å². The first-order valence-electron chi connectivity index (χ1n) is 11.6. The Morgan fingerprint density at radius 1 is 1.00 bits per heavy atom. The van der Waals surface area contributed by atoms with Gasteiger partial charge in [0.2, 0.25) is 0 Å². The Morgan fingerprint density at radius 3 is 2.24 bits per heavy atom. The number of ketones is 1. The number of amides is 1. The molecule has 1 aliphatic rings. The number of aliphatic hydroxyl groups excluding tert-OH is 1. The lowest BCUT2D eigenvalue weighted by Crippen LogP contribution is -2.29. The fourth-order valence-electron chi connectivity index (χ4n) is 4.32. The van der Waals surface area contributed by atoms with Crippen LogP contribution in [0.5, 0.6) is 11.5 Å². The fourth-order valence-corrected chi connectivity index (χ4v) is 4.32. The maximum atomic E-state index is 13.4. The molecule has 0 aliphatic carbocycles. The van der Waals surface area contributed by atoms with Crippen LogP contribution in [0.2, 0.25) is 0 Å². The predicted molar refractivity (Wildman–Crippen MR) is 135 cm³/mol. The third-order valence-corrected chi connectivity index (χ3v) is 5.98. The van der Waals surface area contributed by atoms with Gasteiger partial charge in [0.05, 0.1) is 38.9 Å². The number of carbonyl (C=O) groups excluding carboxylic acids is 3. The number of Topliss-reactive ketones (excluding diaryl/α,β-unsaturated/α-hetero) is 1. The predicted octanol–water partition coefficient (Wildman–Crippen LogP) is 3.83. The van der Waals surface area contributed by atoms with Crippen molar-refractivity contribution in [2.75, 3.05) is 25.7 Å². The lowest BCUT2D eigenvalue weighted by molar-refractivity contribution is -0.142. The highest BCUT2D eigenvalue weighted by atomic mass is 16.5. The van der Waals surface area contributed by atoms with Crippen LogP contribution < -0.4 is 14.4 Å². The van der Waals surface area contributed by atoms with Crippen LogP contribution in [0.3, 0.4) is 0 Å². The molecule has 0 spiro atoms. The highest BCUT2D eigenvalue weighted by Crippen LogP contribution is 2.44. The van der Waals surface area contributed by atoms with Gasteiger partial charge in [0.25, 0.3) is 11.7 Å². The number of rotatable bonds is 8. The quantitative estimate of drug-likeness (QED) is 0.214. The van der Waals surface area contributed by atoms with E-state index in [0.717, 1.165) is 0 Å². The highest BCUT2D eigenvalue weighted by Gasteiger charge is 2.47. The van der Waals surface area contributed by atoms with Gasteiger partial charge in [0.15, 0.2) is 0 Å². The molecule has 0 radical (unpaired) electrons. The summed E-state index contributed by atoms with van der Waals surface area (Å²) in [5.74, 6) is -1.93. The average molecular weight is 503 g/mol. The summed E-state index contributed by atoms with van der Waals surface area (Å²) in [4.78, 5) is 44.1. The van der Waals surface area contributed by atoms with E-state index in [4.69, 9.17) is 14.2 Å². The van der Waals surface area contributed by atoms with Gasteiger partial charge < -0.3 is 19.3 Å². The second kappa shape index (κ2) is 10.9. The van der Waals surface area contributed by atoms with Crippen molar-refractivity contribution in [3.05, 3.63) is 89.3 Å². The molecule has 1 aliphatic heterocycles. The number of pyridine rings is 1. The molecule has 2 aromatic carbocycles. The molecule has 4 rings (SSSR count). The minimum Gasteiger partial charge on any atom is -0.506 e. The molecule has 1 saturated heterocycles. The Kier molecular flexibility index (Phi) is 7.52. The molecule has 1 amide bonds. The minimum atomic E-state index is -0.973. The summed E-state index contributed by atoms with van der Waals surface area (Å²) >= 11 is 0. The Labute approximate surface area is 213 Å². The standard InChI is InChI=1S/C28H26N2O7/c1-4-37-22(31)15-17-10-12-19(13-11-17)30-25(18-7-6-14-29-16-18)24(27(33)28(30)34)26(32)23-20(35-2)8-5-9-21(23)36-3/h5-14,16,25,32H,4,15H2,1-3H3/b26-24+. The van der Waals surface area contributed by atoms with Crippen LogP contribution in [0.25, 0.3) is 5.76 Å². The molecule has 0 bridgehead atoms. The second-order valence-electron chi connectivity index (χ2n) is 8.14. The summed E-state index contributed by atoms with van der Waals surface area (Å²) in [5, 5.41) is 11.5. The van der Waals surface area contributed by atoms with Crippen molar-refractivity contribution in [3.63, 3.8) is 0 Å². The van der Waals surface area contributed by atoms with Crippen molar-refractivity contribution in [1.82, 2.24) is 4.98 Å². The number of hydrogen-bond acceptors (Lipinski definition) is 8. The lowest BCUT2D eigenvalue weighted by Gasteiger charge is -2.25. The molecule has 1 fully saturated rings. The molecule has 1 atom stereocenters. The number of aromatic nitrogens is 1. The van der Waals surface area contributed by atoms with Crippen LogP contribution >= 0.6 is 0 Å². The first kappa shape index (κ1) is 25.4. The molecule has 37 heavy (non-hydrogen) atoms. The van der Waals surface area contributed by atoms with Crippen molar-refractivity contribution in [2.45, 2.75) is 19.4 Å². The molecule has 9 heteroatoms. The molecule has 3 aromatic rings. The van der Waals surface area contributed by atoms with Crippen LogP contribution in [0.15, 0.2) is 72.6 Å². The zero-order chi connectivity index (χ0) is 26.5. The van der Waals surface area contributed by atoms with Gasteiger partial charge in [-0.3, -0.25) is 24.3 Å². The van der Waals surface area contributed by atoms with E-state index >= 15 is 0 Å². The Hall–Kier alpha value is -4.66. The Bertz CT molecular complexity index is 1330. The van der Waals surface area contributed by atoms with E-state index in [-0.39, 0.29) is 41.6 Å². The number of aliphatic hydroxyl groups is 1. The molecule has 2 heterocycles. The maximum absolute atomic E-state index is 13.4. The number of ether oxygens (including phenoxy) is 3. The summed E-state index contributed by atoms with van der Waals surface area (Å²) in [6.45, 7) is 2.01. The smallest absolute Gasteiger partial charge is 0.310 e. The highest BCUT2D eigenvalue weighted by molar-refractivity contribution is 6.51. The van der Waals surface area contributed by atoms with Crippen molar-refractivity contribution in [1.29, 1.82) is 0 Å². The SMILES string of the molecule is CCOC(=O)Cc1ccc(N2C(=O)C(=O)/C(=C(/O)c3c(OC)cccc3OC)C2c2cccnc2)cc1. The van der Waals surface area contributed by atoms with E-state index in [9.17, 15) is 19.5 Å². The first-order valence-corrected chi connectivity index (χ1v) is 11.6. The number of carbonyl (C=O) groups is 3. The number of benzene rings is 2. The van der Waals surface area contributed by atoms with Gasteiger partial charge in [-0.1, -0.05) is 24.3 Å². The number of esters is 1. The van der Waals surface area contributed by atoms with Gasteiger partial charge in [-0.05, 0) is 48.4 Å². The molecular formula is C28H26N2O7. The zero-order valence-corrected chi connectivity index (χ0v) is 20.6. The third kappa shape index (κ3) is 4.88. The van der Waals surface area contributed by atoms with Crippen LogP contribution in [0.4, 0.5) is 5.69 Å². The van der Waals surface area contributed by atoms with Gasteiger partial charge in [-0.2, -0.15) is 0 Å². The van der Waals surface area contributed by atoms with Gasteiger partial charge >= 0.3 is 5.97 Å². The molecule has 0 saturated carbocycles. The third-order valence-electron chi connectivity index (χ3n) is 5.98. The molecule has 9 nitrogen and oxygen atoms in total. The molecule has 190 valence electrons. The van der Waals surface area contributed by atoms with Crippen LogP contribution in [0, 0.1) is 0 Å².